The molecule has 2 nitrogen and oxygen atoms in total. The molecule has 0 spiro atoms. The molecular weight excluding hydrogens is 215 g/mol. The van der Waals surface area contributed by atoms with Crippen LogP contribution in [0.2, 0.25) is 0 Å². The molecule has 1 aromatic carbocycles. The largest absolute Gasteiger partial charge is 0.359 e. The van der Waals surface area contributed by atoms with E-state index >= 15 is 0 Å². The topological polar surface area (TPSA) is 16.1 Å². The summed E-state index contributed by atoms with van der Waals surface area (Å²) in [4.78, 5) is 6.34. The molecule has 0 aliphatic carbocycles. The first-order chi connectivity index (χ1) is 8.24. The second kappa shape index (κ2) is 3.84. The van der Waals surface area contributed by atoms with Gasteiger partial charge in [-0.3, -0.25) is 4.98 Å². The van der Waals surface area contributed by atoms with Crippen LogP contribution >= 0.6 is 0 Å². The first kappa shape index (κ1) is 10.3. The predicted octanol–water partition coefficient (Wildman–Crippen LogP) is 3.05. The van der Waals surface area contributed by atoms with Crippen molar-refractivity contribution < 1.29 is 4.39 Å². The van der Waals surface area contributed by atoms with Crippen LogP contribution in [-0.4, -0.2) is 4.98 Å². The van der Waals surface area contributed by atoms with Crippen LogP contribution in [0, 0.1) is 12.7 Å². The molecule has 17 heavy (non-hydrogen) atoms. The molecule has 0 atom stereocenters. The number of hydrogen-bond donors (Lipinski definition) is 0. The molecule has 0 amide bonds. The van der Waals surface area contributed by atoms with E-state index in [1.165, 1.54) is 5.56 Å². The maximum absolute atomic E-state index is 13.9. The van der Waals surface area contributed by atoms with Crippen molar-refractivity contribution in [1.29, 1.82) is 0 Å². The van der Waals surface area contributed by atoms with E-state index < -0.39 is 0 Å². The van der Waals surface area contributed by atoms with E-state index in [1.54, 1.807) is 12.3 Å². The third kappa shape index (κ3) is 1.78. The molecule has 0 saturated carbocycles. The Labute approximate surface area is 99.7 Å². The van der Waals surface area contributed by atoms with Crippen LogP contribution in [0.3, 0.4) is 0 Å². The number of fused-ring (bicyclic) bond motifs is 1. The zero-order valence-corrected chi connectivity index (χ0v) is 9.65. The Hall–Kier alpha value is -1.90. The fraction of sp³-hybridized carbons (Fsp3) is 0.214. The van der Waals surface area contributed by atoms with Gasteiger partial charge in [-0.1, -0.05) is 12.1 Å². The smallest absolute Gasteiger partial charge is 0.146 e. The summed E-state index contributed by atoms with van der Waals surface area (Å²) in [6.45, 7) is 3.33. The molecular formula is C14H13FN2. The van der Waals surface area contributed by atoms with Crippen LogP contribution in [0.5, 0.6) is 0 Å². The van der Waals surface area contributed by atoms with Gasteiger partial charge in [-0.2, -0.15) is 0 Å². The third-order valence-electron chi connectivity index (χ3n) is 3.13. The Kier molecular flexibility index (Phi) is 2.32. The molecule has 1 aliphatic heterocycles. The normalized spacial score (nSPS) is 13.9. The Balaban J connectivity index is 1.94. The minimum Gasteiger partial charge on any atom is -0.359 e. The van der Waals surface area contributed by atoms with Gasteiger partial charge in [0.25, 0.3) is 0 Å². The minimum atomic E-state index is -0.155. The van der Waals surface area contributed by atoms with Gasteiger partial charge in [0.15, 0.2) is 0 Å². The highest BCUT2D eigenvalue weighted by Gasteiger charge is 2.21. The molecule has 3 rings (SSSR count). The lowest BCUT2D eigenvalue weighted by Gasteiger charge is -2.18. The quantitative estimate of drug-likeness (QED) is 0.745. The van der Waals surface area contributed by atoms with E-state index in [1.807, 2.05) is 30.0 Å². The summed E-state index contributed by atoms with van der Waals surface area (Å²) in [5.74, 6) is -0.155. The van der Waals surface area contributed by atoms with Crippen molar-refractivity contribution >= 4 is 5.69 Å². The number of halogens is 1. The molecule has 0 radical (unpaired) electrons. The Morgan fingerprint density at radius 3 is 2.88 bits per heavy atom. The molecule has 0 saturated heterocycles. The summed E-state index contributed by atoms with van der Waals surface area (Å²) in [5, 5.41) is 0. The van der Waals surface area contributed by atoms with Gasteiger partial charge in [-0.25, -0.2) is 4.39 Å². The van der Waals surface area contributed by atoms with E-state index in [0.717, 1.165) is 17.8 Å². The molecule has 86 valence electrons. The summed E-state index contributed by atoms with van der Waals surface area (Å²) >= 11 is 0. The van der Waals surface area contributed by atoms with Gasteiger partial charge >= 0.3 is 0 Å². The van der Waals surface area contributed by atoms with Crippen molar-refractivity contribution in [3.63, 3.8) is 0 Å². The standard InChI is InChI=1S/C14H13FN2/c1-10-4-5-14(12(15)7-10)17-8-11-3-2-6-16-13(11)9-17/h2-7H,8-9H2,1H3. The average Bonchev–Trinajstić information content (AvgIpc) is 2.72. The molecule has 3 heteroatoms. The Morgan fingerprint density at radius 1 is 1.24 bits per heavy atom. The van der Waals surface area contributed by atoms with Crippen LogP contribution in [0.4, 0.5) is 10.1 Å². The van der Waals surface area contributed by atoms with Crippen molar-refractivity contribution in [2.24, 2.45) is 0 Å². The van der Waals surface area contributed by atoms with Crippen LogP contribution in [0.15, 0.2) is 36.5 Å². The lowest BCUT2D eigenvalue weighted by Crippen LogP contribution is -2.16. The number of benzene rings is 1. The molecule has 0 unspecified atom stereocenters. The summed E-state index contributed by atoms with van der Waals surface area (Å²) in [6.07, 6.45) is 1.79. The molecule has 0 N–H and O–H groups in total. The maximum atomic E-state index is 13.9. The SMILES string of the molecule is Cc1ccc(N2Cc3cccnc3C2)c(F)c1. The van der Waals surface area contributed by atoms with Gasteiger partial charge in [0.1, 0.15) is 5.82 Å². The first-order valence-electron chi connectivity index (χ1n) is 5.68. The molecule has 2 aromatic rings. The zero-order valence-electron chi connectivity index (χ0n) is 9.65. The number of pyridine rings is 1. The highest BCUT2D eigenvalue weighted by Crippen LogP contribution is 2.29. The monoisotopic (exact) mass is 228 g/mol. The highest BCUT2D eigenvalue weighted by atomic mass is 19.1. The summed E-state index contributed by atoms with van der Waals surface area (Å²) in [5.41, 5.74) is 3.84. The average molecular weight is 228 g/mol. The number of hydrogen-bond acceptors (Lipinski definition) is 2. The Bertz CT molecular complexity index is 541. The van der Waals surface area contributed by atoms with Crippen LogP contribution in [0.1, 0.15) is 16.8 Å². The number of nitrogens with zero attached hydrogens (tertiary/aromatic N) is 2. The van der Waals surface area contributed by atoms with Gasteiger partial charge in [0, 0.05) is 12.7 Å². The van der Waals surface area contributed by atoms with Gasteiger partial charge < -0.3 is 4.90 Å². The van der Waals surface area contributed by atoms with E-state index in [4.69, 9.17) is 0 Å². The van der Waals surface area contributed by atoms with Crippen molar-refractivity contribution in [3.05, 3.63) is 59.2 Å². The summed E-state index contributed by atoms with van der Waals surface area (Å²) in [6, 6.07) is 9.33. The third-order valence-corrected chi connectivity index (χ3v) is 3.13. The summed E-state index contributed by atoms with van der Waals surface area (Å²) < 4.78 is 13.9. The maximum Gasteiger partial charge on any atom is 0.146 e. The molecule has 1 aromatic heterocycles. The van der Waals surface area contributed by atoms with Gasteiger partial charge in [0.05, 0.1) is 17.9 Å². The number of rotatable bonds is 1. The predicted molar refractivity (Wildman–Crippen MR) is 65.3 cm³/mol. The van der Waals surface area contributed by atoms with Gasteiger partial charge in [-0.15, -0.1) is 0 Å². The lowest BCUT2D eigenvalue weighted by atomic mass is 10.2. The van der Waals surface area contributed by atoms with Gasteiger partial charge in [0.2, 0.25) is 0 Å². The zero-order chi connectivity index (χ0) is 11.8. The minimum absolute atomic E-state index is 0.155. The van der Waals surface area contributed by atoms with E-state index in [2.05, 4.69) is 11.1 Å². The van der Waals surface area contributed by atoms with Crippen LogP contribution in [0.25, 0.3) is 0 Å². The van der Waals surface area contributed by atoms with Crippen molar-refractivity contribution in [2.75, 3.05) is 4.90 Å². The first-order valence-corrected chi connectivity index (χ1v) is 5.68. The fourth-order valence-corrected chi connectivity index (χ4v) is 2.24. The van der Waals surface area contributed by atoms with E-state index in [9.17, 15) is 4.39 Å². The molecule has 0 fully saturated rings. The fourth-order valence-electron chi connectivity index (χ4n) is 2.24. The second-order valence-corrected chi connectivity index (χ2v) is 4.42. The van der Waals surface area contributed by atoms with Crippen molar-refractivity contribution in [1.82, 2.24) is 4.98 Å². The molecule has 2 heterocycles. The van der Waals surface area contributed by atoms with Crippen molar-refractivity contribution in [2.45, 2.75) is 20.0 Å². The van der Waals surface area contributed by atoms with Crippen LogP contribution < -0.4 is 4.90 Å². The second-order valence-electron chi connectivity index (χ2n) is 4.42. The van der Waals surface area contributed by atoms with Crippen LogP contribution in [-0.2, 0) is 13.1 Å². The number of aromatic nitrogens is 1. The van der Waals surface area contributed by atoms with Gasteiger partial charge in [-0.05, 0) is 36.2 Å². The van der Waals surface area contributed by atoms with Crippen molar-refractivity contribution in [3.8, 4) is 0 Å². The van der Waals surface area contributed by atoms with E-state index in [-0.39, 0.29) is 5.82 Å². The number of anilines is 1. The number of aryl methyl sites for hydroxylation is 1. The lowest BCUT2D eigenvalue weighted by molar-refractivity contribution is 0.618. The Morgan fingerprint density at radius 2 is 2.12 bits per heavy atom. The highest BCUT2D eigenvalue weighted by molar-refractivity contribution is 5.52. The molecule has 0 bridgehead atoms. The summed E-state index contributed by atoms with van der Waals surface area (Å²) in [7, 11) is 0. The van der Waals surface area contributed by atoms with E-state index in [0.29, 0.717) is 12.2 Å². The molecule has 1 aliphatic rings.